The zero-order chi connectivity index (χ0) is 6.24. The molecule has 0 saturated carbocycles. The van der Waals surface area contributed by atoms with Gasteiger partial charge < -0.3 is 20.0 Å². The summed E-state index contributed by atoms with van der Waals surface area (Å²) in [5, 5.41) is 0. The molecule has 11 heavy (non-hydrogen) atoms. The minimum atomic E-state index is 0. The number of nitrogens with two attached hydrogens (primary N) is 1. The third kappa shape index (κ3) is 24.8. The fourth-order valence-corrected chi connectivity index (χ4v) is 0.707. The molecule has 0 rings (SSSR count). The third-order valence-corrected chi connectivity index (χ3v) is 1.25. The Morgan fingerprint density at radius 3 is 1.18 bits per heavy atom. The van der Waals surface area contributed by atoms with Crippen LogP contribution < -0.4 is 0 Å². The molecule has 0 aromatic carbocycles. The quantitative estimate of drug-likeness (QED) is 0.379. The van der Waals surface area contributed by atoms with Crippen molar-refractivity contribution in [3.05, 3.63) is 20.0 Å². The fourth-order valence-electron chi connectivity index (χ4n) is 0.707. The summed E-state index contributed by atoms with van der Waals surface area (Å²) in [6, 6.07) is 0. The maximum atomic E-state index is 3.77. The maximum Gasteiger partial charge on any atom is 4.00 e. The second kappa shape index (κ2) is 22.4. The average Bonchev–Trinajstić information content (AvgIpc) is 1.81. The van der Waals surface area contributed by atoms with E-state index in [0.29, 0.717) is 0 Å². The van der Waals surface area contributed by atoms with Gasteiger partial charge in [0.2, 0.25) is 0 Å². The summed E-state index contributed by atoms with van der Waals surface area (Å²) in [7, 11) is 0. The molecule has 0 heterocycles. The monoisotopic (exact) mass is 214 g/mol. The summed E-state index contributed by atoms with van der Waals surface area (Å²) in [5.74, 6) is 0. The molecule has 1 atom stereocenters. The normalized spacial score (nSPS) is 7.09. The van der Waals surface area contributed by atoms with E-state index in [4.69, 9.17) is 0 Å². The van der Waals surface area contributed by atoms with Crippen molar-refractivity contribution in [1.29, 1.82) is 0 Å². The van der Waals surface area contributed by atoms with E-state index < -0.39 is 0 Å². The van der Waals surface area contributed by atoms with Gasteiger partial charge >= 0.3 is 17.4 Å². The van der Waals surface area contributed by atoms with Crippen LogP contribution in [0.25, 0.3) is 6.15 Å². The minimum Gasteiger partial charge on any atom is -0.693 e. The number of hydrogen-bond donors (Lipinski definition) is 0. The Morgan fingerprint density at radius 2 is 1.00 bits per heavy atom. The van der Waals surface area contributed by atoms with Crippen molar-refractivity contribution in [2.45, 2.75) is 38.5 Å². The van der Waals surface area contributed by atoms with Crippen LogP contribution in [0, 0.1) is 13.8 Å². The summed E-state index contributed by atoms with van der Waals surface area (Å²) in [6.45, 7) is 7.54. The zero-order valence-electron chi connectivity index (χ0n) is 7.35. The van der Waals surface area contributed by atoms with Gasteiger partial charge in [-0.3, -0.25) is 0 Å². The SMILES string of the molecule is P.[CH2-]CCCCCC[CH2-].[Cr+4].[NH2-]. The van der Waals surface area contributed by atoms with Gasteiger partial charge in [0.1, 0.15) is 0 Å². The smallest absolute Gasteiger partial charge is 0.693 e. The van der Waals surface area contributed by atoms with Gasteiger partial charge in [-0.15, -0.1) is 0 Å². The van der Waals surface area contributed by atoms with Crippen molar-refractivity contribution in [3.63, 3.8) is 0 Å². The van der Waals surface area contributed by atoms with Crippen LogP contribution in [-0.2, 0) is 17.4 Å². The van der Waals surface area contributed by atoms with E-state index in [1.54, 1.807) is 0 Å². The van der Waals surface area contributed by atoms with Crippen LogP contribution >= 0.6 is 9.90 Å². The molecule has 1 nitrogen and oxygen atoms in total. The summed E-state index contributed by atoms with van der Waals surface area (Å²) in [4.78, 5) is 0. The maximum absolute atomic E-state index is 3.77. The number of hydrogen-bond acceptors (Lipinski definition) is 0. The van der Waals surface area contributed by atoms with Crippen LogP contribution in [0.3, 0.4) is 0 Å². The number of unbranched alkanes of at least 4 members (excludes halogenated alkanes) is 5. The van der Waals surface area contributed by atoms with Gasteiger partial charge in [0.05, 0.1) is 0 Å². The van der Waals surface area contributed by atoms with E-state index >= 15 is 0 Å². The Balaban J connectivity index is -0.0000000817. The Kier molecular flexibility index (Phi) is 46.2. The molecule has 0 aliphatic carbocycles. The molecule has 0 aliphatic rings. The molecule has 0 aromatic heterocycles. The van der Waals surface area contributed by atoms with Crippen molar-refractivity contribution in [2.75, 3.05) is 0 Å². The summed E-state index contributed by atoms with van der Waals surface area (Å²) in [5.41, 5.74) is 0. The predicted octanol–water partition coefficient (Wildman–Crippen LogP) is 3.77. The molecule has 3 heteroatoms. The molecule has 0 saturated heterocycles. The summed E-state index contributed by atoms with van der Waals surface area (Å²) in [6.07, 6.45) is 7.46. The van der Waals surface area contributed by atoms with E-state index in [9.17, 15) is 0 Å². The molecule has 0 aromatic rings. The van der Waals surface area contributed by atoms with Crippen LogP contribution in [0.4, 0.5) is 0 Å². The molecule has 0 bridgehead atoms. The number of rotatable bonds is 5. The van der Waals surface area contributed by atoms with Gasteiger partial charge in [0.25, 0.3) is 0 Å². The largest absolute Gasteiger partial charge is 4.00 e. The van der Waals surface area contributed by atoms with Crippen LogP contribution in [0.2, 0.25) is 0 Å². The Morgan fingerprint density at radius 1 is 0.727 bits per heavy atom. The zero-order valence-corrected chi connectivity index (χ0v) is 10.0. The van der Waals surface area contributed by atoms with E-state index in [1.807, 2.05) is 0 Å². The predicted molar refractivity (Wildman–Crippen MR) is 54.8 cm³/mol. The van der Waals surface area contributed by atoms with E-state index in [1.165, 1.54) is 25.7 Å². The second-order valence-electron chi connectivity index (χ2n) is 2.12. The van der Waals surface area contributed by atoms with E-state index in [0.717, 1.165) is 12.8 Å². The van der Waals surface area contributed by atoms with E-state index in [2.05, 4.69) is 13.8 Å². The van der Waals surface area contributed by atoms with Crippen molar-refractivity contribution in [3.8, 4) is 0 Å². The van der Waals surface area contributed by atoms with Crippen LogP contribution in [0.15, 0.2) is 0 Å². The fraction of sp³-hybridized carbons (Fsp3) is 0.750. The topological polar surface area (TPSA) is 33.5 Å². The van der Waals surface area contributed by atoms with E-state index in [-0.39, 0.29) is 33.4 Å². The first-order chi connectivity index (χ1) is 3.91. The molecule has 2 N–H and O–H groups in total. The van der Waals surface area contributed by atoms with Crippen LogP contribution in [0.1, 0.15) is 38.5 Å². The van der Waals surface area contributed by atoms with Gasteiger partial charge in [-0.1, -0.05) is 25.7 Å². The van der Waals surface area contributed by atoms with Gasteiger partial charge in [-0.2, -0.15) is 22.7 Å². The van der Waals surface area contributed by atoms with Crippen molar-refractivity contribution in [1.82, 2.24) is 0 Å². The average molecular weight is 214 g/mol. The first-order valence-corrected chi connectivity index (χ1v) is 3.50. The molecule has 0 radical (unpaired) electrons. The van der Waals surface area contributed by atoms with Gasteiger partial charge in [-0.25, -0.2) is 0 Å². The molecular formula is C8H21CrNP+. The van der Waals surface area contributed by atoms with Crippen molar-refractivity contribution >= 4 is 9.90 Å². The Bertz CT molecular complexity index is 39.1. The third-order valence-electron chi connectivity index (χ3n) is 1.25. The summed E-state index contributed by atoms with van der Waals surface area (Å²) >= 11 is 0. The first kappa shape index (κ1) is 22.7. The van der Waals surface area contributed by atoms with Crippen molar-refractivity contribution in [2.24, 2.45) is 0 Å². The van der Waals surface area contributed by atoms with Crippen molar-refractivity contribution < 1.29 is 17.4 Å². The van der Waals surface area contributed by atoms with Crippen LogP contribution in [-0.4, -0.2) is 0 Å². The van der Waals surface area contributed by atoms with Gasteiger partial charge in [0, 0.05) is 0 Å². The standard InChI is InChI=1S/C8H16.Cr.H2N.H3P/c1-3-5-7-8-6-4-2;;;/h1-8H2;;1H2;1H3/q-2;+4;-1;. The molecule has 68 valence electrons. The van der Waals surface area contributed by atoms with Crippen LogP contribution in [0.5, 0.6) is 0 Å². The Hall–Kier alpha value is 0.922. The van der Waals surface area contributed by atoms with Gasteiger partial charge in [0.15, 0.2) is 0 Å². The molecule has 0 aliphatic heterocycles. The Labute approximate surface area is 86.1 Å². The molecule has 0 amide bonds. The second-order valence-corrected chi connectivity index (χ2v) is 2.12. The molecule has 0 fully saturated rings. The first-order valence-electron chi connectivity index (χ1n) is 3.50. The molecule has 0 spiro atoms. The molecular weight excluding hydrogens is 193 g/mol. The summed E-state index contributed by atoms with van der Waals surface area (Å²) < 4.78 is 0. The minimum absolute atomic E-state index is 0. The molecule has 1 unspecified atom stereocenters. The van der Waals surface area contributed by atoms with Gasteiger partial charge in [-0.05, 0) is 0 Å².